The van der Waals surface area contributed by atoms with Crippen molar-refractivity contribution >= 4 is 17.3 Å². The van der Waals surface area contributed by atoms with Crippen LogP contribution in [0.1, 0.15) is 32.3 Å². The third-order valence-corrected chi connectivity index (χ3v) is 4.09. The first-order valence-electron chi connectivity index (χ1n) is 6.89. The first-order valence-corrected chi connectivity index (χ1v) is 7.27. The highest BCUT2D eigenvalue weighted by Crippen LogP contribution is 2.28. The Labute approximate surface area is 120 Å². The quantitative estimate of drug-likeness (QED) is 0.922. The van der Waals surface area contributed by atoms with Crippen LogP contribution in [0.3, 0.4) is 0 Å². The van der Waals surface area contributed by atoms with Crippen molar-refractivity contribution in [3.05, 3.63) is 28.8 Å². The van der Waals surface area contributed by atoms with E-state index >= 15 is 0 Å². The first-order chi connectivity index (χ1) is 9.19. The SMILES string of the molecule is CCC1CN(c2ccc(Cl)cc2C#N)C(CC)CN1. The van der Waals surface area contributed by atoms with E-state index in [1.807, 2.05) is 12.1 Å². The molecule has 102 valence electrons. The summed E-state index contributed by atoms with van der Waals surface area (Å²) in [5.41, 5.74) is 1.68. The van der Waals surface area contributed by atoms with E-state index in [1.54, 1.807) is 6.07 Å². The topological polar surface area (TPSA) is 39.1 Å². The zero-order valence-corrected chi connectivity index (χ0v) is 12.2. The molecule has 1 saturated heterocycles. The van der Waals surface area contributed by atoms with Gasteiger partial charge in [0, 0.05) is 30.2 Å². The van der Waals surface area contributed by atoms with Crippen molar-refractivity contribution in [2.75, 3.05) is 18.0 Å². The standard InChI is InChI=1S/C15H20ClN3/c1-3-13-10-19(14(4-2)9-18-13)15-6-5-12(16)7-11(15)8-17/h5-7,13-14,18H,3-4,9-10H2,1-2H3. The number of nitrogens with one attached hydrogen (secondary N) is 1. The molecule has 1 aromatic carbocycles. The normalized spacial score (nSPS) is 23.2. The van der Waals surface area contributed by atoms with Crippen molar-refractivity contribution in [3.8, 4) is 6.07 Å². The van der Waals surface area contributed by atoms with Gasteiger partial charge < -0.3 is 10.2 Å². The molecule has 0 saturated carbocycles. The van der Waals surface area contributed by atoms with Crippen LogP contribution in [0.4, 0.5) is 5.69 Å². The number of benzene rings is 1. The minimum Gasteiger partial charge on any atom is -0.365 e. The summed E-state index contributed by atoms with van der Waals surface area (Å²) in [4.78, 5) is 2.36. The average Bonchev–Trinajstić information content (AvgIpc) is 2.46. The van der Waals surface area contributed by atoms with Crippen LogP contribution in [0.15, 0.2) is 18.2 Å². The van der Waals surface area contributed by atoms with E-state index in [0.717, 1.165) is 31.6 Å². The molecule has 2 unspecified atom stereocenters. The molecule has 0 spiro atoms. The lowest BCUT2D eigenvalue weighted by Crippen LogP contribution is -2.56. The predicted molar refractivity (Wildman–Crippen MR) is 79.7 cm³/mol. The fraction of sp³-hybridized carbons (Fsp3) is 0.533. The number of nitriles is 1. The number of anilines is 1. The highest BCUT2D eigenvalue weighted by molar-refractivity contribution is 6.30. The summed E-state index contributed by atoms with van der Waals surface area (Å²) in [6.45, 7) is 6.30. The number of hydrogen-bond donors (Lipinski definition) is 1. The van der Waals surface area contributed by atoms with E-state index < -0.39 is 0 Å². The van der Waals surface area contributed by atoms with Crippen LogP contribution in [0.5, 0.6) is 0 Å². The van der Waals surface area contributed by atoms with Crippen LogP contribution in [-0.2, 0) is 0 Å². The van der Waals surface area contributed by atoms with Crippen LogP contribution in [-0.4, -0.2) is 25.2 Å². The minimum absolute atomic E-state index is 0.441. The highest BCUT2D eigenvalue weighted by atomic mass is 35.5. The van der Waals surface area contributed by atoms with E-state index in [1.165, 1.54) is 0 Å². The minimum atomic E-state index is 0.441. The molecule has 19 heavy (non-hydrogen) atoms. The smallest absolute Gasteiger partial charge is 0.101 e. The van der Waals surface area contributed by atoms with Gasteiger partial charge in [-0.15, -0.1) is 0 Å². The first kappa shape index (κ1) is 14.2. The van der Waals surface area contributed by atoms with Crippen molar-refractivity contribution < 1.29 is 0 Å². The number of piperazine rings is 1. The van der Waals surface area contributed by atoms with Crippen molar-refractivity contribution in [3.63, 3.8) is 0 Å². The molecule has 1 aromatic rings. The fourth-order valence-corrected chi connectivity index (χ4v) is 2.82. The summed E-state index contributed by atoms with van der Waals surface area (Å²) in [5, 5.41) is 13.5. The van der Waals surface area contributed by atoms with Crippen molar-refractivity contribution in [1.29, 1.82) is 5.26 Å². The van der Waals surface area contributed by atoms with Gasteiger partial charge in [-0.25, -0.2) is 0 Å². The van der Waals surface area contributed by atoms with E-state index in [2.05, 4.69) is 30.1 Å². The Morgan fingerprint density at radius 2 is 2.21 bits per heavy atom. The predicted octanol–water partition coefficient (Wildman–Crippen LogP) is 3.18. The fourth-order valence-electron chi connectivity index (χ4n) is 2.65. The summed E-state index contributed by atoms with van der Waals surface area (Å²) >= 11 is 5.98. The number of nitrogens with zero attached hydrogens (tertiary/aromatic N) is 2. The Morgan fingerprint density at radius 3 is 2.84 bits per heavy atom. The largest absolute Gasteiger partial charge is 0.365 e. The zero-order valence-electron chi connectivity index (χ0n) is 11.5. The second-order valence-electron chi connectivity index (χ2n) is 5.00. The second kappa shape index (κ2) is 6.27. The van der Waals surface area contributed by atoms with Gasteiger partial charge in [-0.05, 0) is 31.0 Å². The number of rotatable bonds is 3. The lowest BCUT2D eigenvalue weighted by atomic mass is 10.0. The Hall–Kier alpha value is -1.24. The van der Waals surface area contributed by atoms with Gasteiger partial charge in [0.1, 0.15) is 6.07 Å². The van der Waals surface area contributed by atoms with Gasteiger partial charge >= 0.3 is 0 Å². The lowest BCUT2D eigenvalue weighted by molar-refractivity contribution is 0.378. The maximum Gasteiger partial charge on any atom is 0.101 e. The third-order valence-electron chi connectivity index (χ3n) is 3.85. The van der Waals surface area contributed by atoms with Gasteiger partial charge in [-0.1, -0.05) is 25.4 Å². The second-order valence-corrected chi connectivity index (χ2v) is 5.44. The van der Waals surface area contributed by atoms with E-state index in [-0.39, 0.29) is 0 Å². The summed E-state index contributed by atoms with van der Waals surface area (Å²) in [5.74, 6) is 0. The van der Waals surface area contributed by atoms with E-state index in [9.17, 15) is 5.26 Å². The van der Waals surface area contributed by atoms with Gasteiger partial charge in [-0.2, -0.15) is 5.26 Å². The Balaban J connectivity index is 2.34. The summed E-state index contributed by atoms with van der Waals surface area (Å²) in [6.07, 6.45) is 2.17. The summed E-state index contributed by atoms with van der Waals surface area (Å²) < 4.78 is 0. The lowest BCUT2D eigenvalue weighted by Gasteiger charge is -2.42. The highest BCUT2D eigenvalue weighted by Gasteiger charge is 2.27. The monoisotopic (exact) mass is 277 g/mol. The van der Waals surface area contributed by atoms with Gasteiger partial charge in [0.15, 0.2) is 0 Å². The van der Waals surface area contributed by atoms with Crippen molar-refractivity contribution in [1.82, 2.24) is 5.32 Å². The van der Waals surface area contributed by atoms with Gasteiger partial charge in [0.2, 0.25) is 0 Å². The molecule has 0 aliphatic carbocycles. The van der Waals surface area contributed by atoms with Crippen LogP contribution >= 0.6 is 11.6 Å². The Morgan fingerprint density at radius 1 is 1.42 bits per heavy atom. The van der Waals surface area contributed by atoms with Gasteiger partial charge in [-0.3, -0.25) is 0 Å². The molecule has 2 atom stereocenters. The molecule has 3 nitrogen and oxygen atoms in total. The molecule has 0 amide bonds. The maximum atomic E-state index is 9.30. The average molecular weight is 278 g/mol. The molecule has 1 aliphatic heterocycles. The van der Waals surface area contributed by atoms with Crippen LogP contribution in [0.25, 0.3) is 0 Å². The molecule has 4 heteroatoms. The van der Waals surface area contributed by atoms with Crippen molar-refractivity contribution in [2.24, 2.45) is 0 Å². The molecule has 0 aromatic heterocycles. The third kappa shape index (κ3) is 3.02. The molecule has 1 fully saturated rings. The van der Waals surface area contributed by atoms with Crippen molar-refractivity contribution in [2.45, 2.75) is 38.8 Å². The maximum absolute atomic E-state index is 9.30. The molecule has 1 heterocycles. The Kier molecular flexibility index (Phi) is 4.68. The van der Waals surface area contributed by atoms with E-state index in [4.69, 9.17) is 11.6 Å². The molecule has 0 bridgehead atoms. The van der Waals surface area contributed by atoms with E-state index in [0.29, 0.717) is 22.7 Å². The Bertz CT molecular complexity index is 481. The number of halogens is 1. The summed E-state index contributed by atoms with van der Waals surface area (Å²) in [7, 11) is 0. The van der Waals surface area contributed by atoms with Crippen LogP contribution in [0.2, 0.25) is 5.02 Å². The van der Waals surface area contributed by atoms with Crippen LogP contribution < -0.4 is 10.2 Å². The van der Waals surface area contributed by atoms with Gasteiger partial charge in [0.05, 0.1) is 11.3 Å². The van der Waals surface area contributed by atoms with Gasteiger partial charge in [0.25, 0.3) is 0 Å². The molecule has 1 aliphatic rings. The molecule has 0 radical (unpaired) electrons. The molecular formula is C15H20ClN3. The summed E-state index contributed by atoms with van der Waals surface area (Å²) in [6, 6.07) is 8.80. The van der Waals surface area contributed by atoms with Crippen LogP contribution in [0, 0.1) is 11.3 Å². The number of hydrogen-bond acceptors (Lipinski definition) is 3. The molecule has 1 N–H and O–H groups in total. The molecule has 2 rings (SSSR count). The molecular weight excluding hydrogens is 258 g/mol. The zero-order chi connectivity index (χ0) is 13.8.